The zero-order valence-electron chi connectivity index (χ0n) is 20.6. The quantitative estimate of drug-likeness (QED) is 0.557. The number of aromatic nitrogens is 3. The molecule has 204 valence electrons. The highest BCUT2D eigenvalue weighted by Gasteiger charge is 2.48. The van der Waals surface area contributed by atoms with Gasteiger partial charge >= 0.3 is 18.4 Å². The summed E-state index contributed by atoms with van der Waals surface area (Å²) in [5.41, 5.74) is -6.21. The van der Waals surface area contributed by atoms with E-state index in [0.29, 0.717) is 24.9 Å². The van der Waals surface area contributed by atoms with Gasteiger partial charge in [-0.25, -0.2) is 14.8 Å². The first-order chi connectivity index (χ1) is 17.0. The van der Waals surface area contributed by atoms with Crippen LogP contribution in [-0.2, 0) is 22.6 Å². The molecule has 2 aromatic rings. The van der Waals surface area contributed by atoms with Crippen molar-refractivity contribution < 1.29 is 35.9 Å². The molecule has 2 aromatic heterocycles. The van der Waals surface area contributed by atoms with Crippen LogP contribution in [0.2, 0.25) is 0 Å². The molecular formula is C23H27F6N5O3. The lowest BCUT2D eigenvalue weighted by atomic mass is 9.82. The van der Waals surface area contributed by atoms with E-state index in [0.717, 1.165) is 6.20 Å². The molecule has 1 aliphatic rings. The lowest BCUT2D eigenvalue weighted by Crippen LogP contribution is -2.63. The summed E-state index contributed by atoms with van der Waals surface area (Å²) in [5, 5.41) is 0. The summed E-state index contributed by atoms with van der Waals surface area (Å²) in [5.74, 6) is -0.0854. The number of hydrogen-bond acceptors (Lipinski definition) is 6. The normalized spacial score (nSPS) is 19.2. The second kappa shape index (κ2) is 9.86. The molecule has 1 atom stereocenters. The van der Waals surface area contributed by atoms with Crippen LogP contribution in [0.4, 0.5) is 37.1 Å². The fourth-order valence-corrected chi connectivity index (χ4v) is 4.28. The molecule has 0 aromatic carbocycles. The van der Waals surface area contributed by atoms with Crippen molar-refractivity contribution in [2.75, 3.05) is 24.5 Å². The summed E-state index contributed by atoms with van der Waals surface area (Å²) in [4.78, 5) is 37.8. The van der Waals surface area contributed by atoms with E-state index in [1.807, 2.05) is 0 Å². The van der Waals surface area contributed by atoms with Crippen LogP contribution in [0.5, 0.6) is 0 Å². The van der Waals surface area contributed by atoms with Gasteiger partial charge in [-0.2, -0.15) is 26.3 Å². The van der Waals surface area contributed by atoms with Crippen molar-refractivity contribution in [3.63, 3.8) is 0 Å². The van der Waals surface area contributed by atoms with Gasteiger partial charge in [0.25, 0.3) is 5.56 Å². The summed E-state index contributed by atoms with van der Waals surface area (Å²) in [6.45, 7) is 6.54. The van der Waals surface area contributed by atoms with E-state index in [-0.39, 0.29) is 37.6 Å². The molecule has 1 amide bonds. The summed E-state index contributed by atoms with van der Waals surface area (Å²) in [6, 6.07) is 0.697. The predicted octanol–water partition coefficient (Wildman–Crippen LogP) is 4.96. The third-order valence-corrected chi connectivity index (χ3v) is 5.83. The second-order valence-corrected chi connectivity index (χ2v) is 9.73. The molecule has 0 radical (unpaired) electrons. The van der Waals surface area contributed by atoms with Crippen molar-refractivity contribution in [2.24, 2.45) is 0 Å². The van der Waals surface area contributed by atoms with Crippen molar-refractivity contribution in [1.29, 1.82) is 0 Å². The molecule has 14 heteroatoms. The Bertz CT molecular complexity index is 1170. The highest BCUT2D eigenvalue weighted by Crippen LogP contribution is 2.40. The molecule has 0 spiro atoms. The van der Waals surface area contributed by atoms with Gasteiger partial charge in [0.2, 0.25) is 5.95 Å². The van der Waals surface area contributed by atoms with Gasteiger partial charge in [0.1, 0.15) is 11.2 Å². The maximum absolute atomic E-state index is 13.6. The number of hydrogen-bond donors (Lipinski definition) is 1. The maximum atomic E-state index is 13.6. The number of rotatable bonds is 4. The molecule has 1 fully saturated rings. The highest BCUT2D eigenvalue weighted by atomic mass is 19.4. The summed E-state index contributed by atoms with van der Waals surface area (Å²) >= 11 is 0. The molecule has 37 heavy (non-hydrogen) atoms. The lowest BCUT2D eigenvalue weighted by Gasteiger charge is -2.51. The minimum Gasteiger partial charge on any atom is -0.444 e. The molecule has 1 saturated heterocycles. The Hall–Kier alpha value is -3.32. The number of anilines is 1. The number of piperazine rings is 1. The van der Waals surface area contributed by atoms with Gasteiger partial charge in [0.05, 0.1) is 11.1 Å². The van der Waals surface area contributed by atoms with Crippen molar-refractivity contribution in [3.8, 4) is 0 Å². The highest BCUT2D eigenvalue weighted by molar-refractivity contribution is 5.70. The number of carbonyl (C=O) groups is 1. The molecule has 3 heterocycles. The van der Waals surface area contributed by atoms with Crippen molar-refractivity contribution >= 4 is 12.0 Å². The molecule has 3 rings (SSSR count). The molecular weight excluding hydrogens is 508 g/mol. The van der Waals surface area contributed by atoms with E-state index >= 15 is 0 Å². The zero-order valence-corrected chi connectivity index (χ0v) is 20.6. The Morgan fingerprint density at radius 2 is 1.70 bits per heavy atom. The zero-order chi connectivity index (χ0) is 27.8. The van der Waals surface area contributed by atoms with Crippen LogP contribution in [0, 0.1) is 0 Å². The molecule has 0 bridgehead atoms. The van der Waals surface area contributed by atoms with E-state index in [1.54, 1.807) is 27.7 Å². The predicted molar refractivity (Wildman–Crippen MR) is 121 cm³/mol. The average Bonchev–Trinajstić information content (AvgIpc) is 2.77. The van der Waals surface area contributed by atoms with E-state index in [1.165, 1.54) is 9.80 Å². The smallest absolute Gasteiger partial charge is 0.421 e. The molecule has 8 nitrogen and oxygen atoms in total. The molecule has 1 unspecified atom stereocenters. The number of alkyl halides is 6. The number of ether oxygens (including phenoxy) is 1. The van der Waals surface area contributed by atoms with Gasteiger partial charge in [-0.15, -0.1) is 0 Å². The topological polar surface area (TPSA) is 91.4 Å². The molecule has 1 N–H and O–H groups in total. The molecule has 0 saturated carbocycles. The molecule has 1 aliphatic heterocycles. The van der Waals surface area contributed by atoms with Crippen molar-refractivity contribution in [2.45, 2.75) is 64.0 Å². The number of nitrogens with zero attached hydrogens (tertiary/aromatic N) is 4. The van der Waals surface area contributed by atoms with E-state index in [2.05, 4.69) is 15.0 Å². The van der Waals surface area contributed by atoms with Crippen molar-refractivity contribution in [1.82, 2.24) is 19.9 Å². The monoisotopic (exact) mass is 535 g/mol. The fourth-order valence-electron chi connectivity index (χ4n) is 4.28. The Morgan fingerprint density at radius 1 is 1.08 bits per heavy atom. The van der Waals surface area contributed by atoms with Crippen molar-refractivity contribution in [3.05, 3.63) is 51.7 Å². The molecule has 0 aliphatic carbocycles. The number of amides is 1. The second-order valence-electron chi connectivity index (χ2n) is 9.73. The third-order valence-electron chi connectivity index (χ3n) is 5.83. The summed E-state index contributed by atoms with van der Waals surface area (Å²) < 4.78 is 85.3. The number of nitrogens with one attached hydrogen (secondary N) is 1. The number of halogens is 6. The van der Waals surface area contributed by atoms with Gasteiger partial charge in [-0.05, 0) is 38.8 Å². The first kappa shape index (κ1) is 28.3. The average molecular weight is 535 g/mol. The van der Waals surface area contributed by atoms with Crippen LogP contribution in [0.25, 0.3) is 0 Å². The van der Waals surface area contributed by atoms with Gasteiger partial charge in [-0.3, -0.25) is 9.69 Å². The van der Waals surface area contributed by atoms with Crippen LogP contribution in [0.1, 0.15) is 57.2 Å². The largest absolute Gasteiger partial charge is 0.444 e. The van der Waals surface area contributed by atoms with Gasteiger partial charge in [0, 0.05) is 38.2 Å². The Kier molecular flexibility index (Phi) is 7.53. The Morgan fingerprint density at radius 3 is 2.22 bits per heavy atom. The Labute approximate surface area is 208 Å². The minimum atomic E-state index is -4.96. The summed E-state index contributed by atoms with van der Waals surface area (Å²) in [7, 11) is 0. The van der Waals surface area contributed by atoms with Crippen LogP contribution in [-0.4, -0.2) is 51.2 Å². The van der Waals surface area contributed by atoms with Crippen LogP contribution < -0.4 is 10.5 Å². The van der Waals surface area contributed by atoms with E-state index in [9.17, 15) is 35.9 Å². The van der Waals surface area contributed by atoms with Crippen LogP contribution >= 0.6 is 0 Å². The first-order valence-electron chi connectivity index (χ1n) is 11.4. The first-order valence-corrected chi connectivity index (χ1v) is 11.4. The van der Waals surface area contributed by atoms with E-state index < -0.39 is 46.3 Å². The SMILES string of the molecule is CCCC1(c2c[nH]c(=O)c(C(F)(F)F)c2)CN(c2ncc(C(F)(F)F)cn2)CCN1C(=O)OC(C)(C)C. The van der Waals surface area contributed by atoms with Crippen LogP contribution in [0.15, 0.2) is 29.5 Å². The number of H-pyrrole nitrogens is 1. The Balaban J connectivity index is 2.14. The number of pyridine rings is 1. The maximum Gasteiger partial charge on any atom is 0.421 e. The standard InChI is InChI=1S/C23H27F6N5O3/c1-5-6-21(14-9-16(23(27,28)29)17(35)30-10-14)13-33(7-8-34(21)19(36)37-20(2,3)4)18-31-11-15(12-32-18)22(24,25)26/h9-12H,5-8,13H2,1-4H3,(H,30,35). The van der Waals surface area contributed by atoms with Gasteiger partial charge in [0.15, 0.2) is 0 Å². The minimum absolute atomic E-state index is 0.0104. The van der Waals surface area contributed by atoms with Gasteiger partial charge in [-0.1, -0.05) is 13.3 Å². The third kappa shape index (κ3) is 6.16. The number of carbonyl (C=O) groups excluding carboxylic acids is 1. The van der Waals surface area contributed by atoms with E-state index in [4.69, 9.17) is 4.74 Å². The van der Waals surface area contributed by atoms with Gasteiger partial charge < -0.3 is 14.6 Å². The fraction of sp³-hybridized carbons (Fsp3) is 0.565. The van der Waals surface area contributed by atoms with Crippen LogP contribution in [0.3, 0.4) is 0 Å². The number of aromatic amines is 1. The summed E-state index contributed by atoms with van der Waals surface area (Å²) in [6.07, 6.45) is -7.50. The lowest BCUT2D eigenvalue weighted by molar-refractivity contribution is -0.139.